The second kappa shape index (κ2) is 6.48. The predicted octanol–water partition coefficient (Wildman–Crippen LogP) is 1.43. The monoisotopic (exact) mass is 350 g/mol. The standard InChI is InChI=1S/C14H17F3N2O3S/c15-14(16,17)11-3-1-2-4-12(11)23(21,22)10-5-7-19(8-6-10)13(20)9-18/h1-4,10H,5-9,18H2. The molecule has 9 heteroatoms. The van der Waals surface area contributed by atoms with Gasteiger partial charge in [0.25, 0.3) is 0 Å². The lowest BCUT2D eigenvalue weighted by atomic mass is 10.1. The fraction of sp³-hybridized carbons (Fsp3) is 0.500. The third-order valence-corrected chi connectivity index (χ3v) is 6.23. The van der Waals surface area contributed by atoms with Crippen LogP contribution in [0.15, 0.2) is 29.2 Å². The number of sulfone groups is 1. The number of piperidine rings is 1. The molecule has 1 heterocycles. The van der Waals surface area contributed by atoms with Crippen molar-refractivity contribution in [2.75, 3.05) is 19.6 Å². The highest BCUT2D eigenvalue weighted by Crippen LogP contribution is 2.36. The van der Waals surface area contributed by atoms with E-state index < -0.39 is 31.7 Å². The zero-order chi connectivity index (χ0) is 17.3. The fourth-order valence-electron chi connectivity index (χ4n) is 2.67. The zero-order valence-electron chi connectivity index (χ0n) is 12.2. The Morgan fingerprint density at radius 3 is 2.30 bits per heavy atom. The lowest BCUT2D eigenvalue weighted by Crippen LogP contribution is -2.44. The SMILES string of the molecule is NCC(=O)N1CCC(S(=O)(=O)c2ccccc2C(F)(F)F)CC1. The molecule has 23 heavy (non-hydrogen) atoms. The van der Waals surface area contributed by atoms with E-state index >= 15 is 0 Å². The summed E-state index contributed by atoms with van der Waals surface area (Å²) in [5.74, 6) is -0.295. The van der Waals surface area contributed by atoms with Crippen molar-refractivity contribution in [2.45, 2.75) is 29.2 Å². The van der Waals surface area contributed by atoms with Crippen molar-refractivity contribution in [2.24, 2.45) is 5.73 Å². The van der Waals surface area contributed by atoms with Crippen LogP contribution in [0.1, 0.15) is 18.4 Å². The summed E-state index contributed by atoms with van der Waals surface area (Å²) in [6.07, 6.45) is -4.54. The van der Waals surface area contributed by atoms with E-state index in [-0.39, 0.29) is 38.4 Å². The Balaban J connectivity index is 2.26. The molecule has 0 saturated carbocycles. The van der Waals surface area contributed by atoms with Crippen molar-refractivity contribution in [3.63, 3.8) is 0 Å². The lowest BCUT2D eigenvalue weighted by Gasteiger charge is -2.31. The number of hydrogen-bond acceptors (Lipinski definition) is 4. The first-order valence-corrected chi connectivity index (χ1v) is 8.60. The minimum atomic E-state index is -4.74. The molecule has 0 aromatic heterocycles. The third-order valence-electron chi connectivity index (χ3n) is 3.91. The first-order chi connectivity index (χ1) is 10.7. The topological polar surface area (TPSA) is 80.5 Å². The molecule has 5 nitrogen and oxygen atoms in total. The average molecular weight is 350 g/mol. The number of carbonyl (C=O) groups excluding carboxylic acids is 1. The van der Waals surface area contributed by atoms with Crippen LogP contribution >= 0.6 is 0 Å². The molecular formula is C14H17F3N2O3S. The number of carbonyl (C=O) groups is 1. The summed E-state index contributed by atoms with van der Waals surface area (Å²) >= 11 is 0. The first-order valence-electron chi connectivity index (χ1n) is 7.06. The van der Waals surface area contributed by atoms with Crippen LogP contribution in [0.4, 0.5) is 13.2 Å². The third kappa shape index (κ3) is 3.66. The van der Waals surface area contributed by atoms with Gasteiger partial charge in [0.05, 0.1) is 22.3 Å². The molecule has 128 valence electrons. The number of alkyl halides is 3. The van der Waals surface area contributed by atoms with Crippen LogP contribution in [0.3, 0.4) is 0 Å². The molecule has 0 aliphatic carbocycles. The molecule has 0 unspecified atom stereocenters. The number of likely N-dealkylation sites (tertiary alicyclic amines) is 1. The molecule has 1 saturated heterocycles. The number of amides is 1. The normalized spacial score (nSPS) is 17.3. The second-order valence-electron chi connectivity index (χ2n) is 5.32. The molecule has 1 aliphatic heterocycles. The van der Waals surface area contributed by atoms with E-state index in [0.717, 1.165) is 18.2 Å². The number of benzene rings is 1. The fourth-order valence-corrected chi connectivity index (χ4v) is 4.62. The highest BCUT2D eigenvalue weighted by Gasteiger charge is 2.40. The van der Waals surface area contributed by atoms with E-state index in [1.807, 2.05) is 0 Å². The lowest BCUT2D eigenvalue weighted by molar-refractivity contribution is -0.139. The van der Waals surface area contributed by atoms with E-state index in [4.69, 9.17) is 5.73 Å². The average Bonchev–Trinajstić information content (AvgIpc) is 2.53. The van der Waals surface area contributed by atoms with E-state index in [0.29, 0.717) is 0 Å². The molecule has 0 atom stereocenters. The predicted molar refractivity (Wildman–Crippen MR) is 77.3 cm³/mol. The number of hydrogen-bond donors (Lipinski definition) is 1. The maximum absolute atomic E-state index is 13.0. The quantitative estimate of drug-likeness (QED) is 0.894. The van der Waals surface area contributed by atoms with Gasteiger partial charge in [-0.05, 0) is 25.0 Å². The summed E-state index contributed by atoms with van der Waals surface area (Å²) in [5, 5.41) is -0.937. The molecular weight excluding hydrogens is 333 g/mol. The Morgan fingerprint density at radius 1 is 1.22 bits per heavy atom. The van der Waals surface area contributed by atoms with E-state index in [9.17, 15) is 26.4 Å². The van der Waals surface area contributed by atoms with Gasteiger partial charge in [-0.1, -0.05) is 12.1 Å². The van der Waals surface area contributed by atoms with Gasteiger partial charge in [0.1, 0.15) is 0 Å². The largest absolute Gasteiger partial charge is 0.417 e. The van der Waals surface area contributed by atoms with Gasteiger partial charge < -0.3 is 10.6 Å². The van der Waals surface area contributed by atoms with Crippen molar-refractivity contribution < 1.29 is 26.4 Å². The van der Waals surface area contributed by atoms with Gasteiger partial charge in [0.15, 0.2) is 9.84 Å². The van der Waals surface area contributed by atoms with Gasteiger partial charge in [-0.15, -0.1) is 0 Å². The Hall–Kier alpha value is -1.61. The van der Waals surface area contributed by atoms with Crippen molar-refractivity contribution in [3.05, 3.63) is 29.8 Å². The molecule has 1 aromatic carbocycles. The van der Waals surface area contributed by atoms with Crippen LogP contribution in [-0.4, -0.2) is 44.1 Å². The van der Waals surface area contributed by atoms with Crippen LogP contribution in [0.5, 0.6) is 0 Å². The van der Waals surface area contributed by atoms with Crippen molar-refractivity contribution in [3.8, 4) is 0 Å². The van der Waals surface area contributed by atoms with Gasteiger partial charge >= 0.3 is 6.18 Å². The van der Waals surface area contributed by atoms with Gasteiger partial charge in [0, 0.05) is 13.1 Å². The molecule has 0 radical (unpaired) electrons. The van der Waals surface area contributed by atoms with E-state index in [2.05, 4.69) is 0 Å². The van der Waals surface area contributed by atoms with E-state index in [1.54, 1.807) is 0 Å². The summed E-state index contributed by atoms with van der Waals surface area (Å²) < 4.78 is 64.2. The molecule has 1 fully saturated rings. The Kier molecular flexibility index (Phi) is 5.00. The number of rotatable bonds is 3. The van der Waals surface area contributed by atoms with Crippen molar-refractivity contribution in [1.82, 2.24) is 4.90 Å². The maximum Gasteiger partial charge on any atom is 0.417 e. The van der Waals surface area contributed by atoms with Crippen LogP contribution < -0.4 is 5.73 Å². The summed E-state index contributed by atoms with van der Waals surface area (Å²) in [7, 11) is -4.12. The van der Waals surface area contributed by atoms with Gasteiger partial charge in [-0.2, -0.15) is 13.2 Å². The van der Waals surface area contributed by atoms with Crippen LogP contribution in [0, 0.1) is 0 Å². The van der Waals surface area contributed by atoms with Crippen molar-refractivity contribution in [1.29, 1.82) is 0 Å². The van der Waals surface area contributed by atoms with Crippen molar-refractivity contribution >= 4 is 15.7 Å². The van der Waals surface area contributed by atoms with Crippen LogP contribution in [0.2, 0.25) is 0 Å². The van der Waals surface area contributed by atoms with E-state index in [1.165, 1.54) is 11.0 Å². The van der Waals surface area contributed by atoms with Gasteiger partial charge in [-0.25, -0.2) is 8.42 Å². The maximum atomic E-state index is 13.0. The molecule has 2 N–H and O–H groups in total. The minimum Gasteiger partial charge on any atom is -0.342 e. The molecule has 0 spiro atoms. The summed E-state index contributed by atoms with van der Waals surface area (Å²) in [5.41, 5.74) is 4.10. The smallest absolute Gasteiger partial charge is 0.342 e. The Labute approximate surface area is 132 Å². The summed E-state index contributed by atoms with van der Waals surface area (Å²) in [6.45, 7) is 0.177. The number of halogens is 3. The van der Waals surface area contributed by atoms with Crippen LogP contribution in [0.25, 0.3) is 0 Å². The Morgan fingerprint density at radius 2 is 1.78 bits per heavy atom. The molecule has 1 aliphatic rings. The molecule has 1 aromatic rings. The van der Waals surface area contributed by atoms with Gasteiger partial charge in [-0.3, -0.25) is 4.79 Å². The second-order valence-corrected chi connectivity index (χ2v) is 7.52. The first kappa shape index (κ1) is 17.7. The highest BCUT2D eigenvalue weighted by atomic mass is 32.2. The molecule has 0 bridgehead atoms. The molecule has 2 rings (SSSR count). The minimum absolute atomic E-state index is 0.0975. The van der Waals surface area contributed by atoms with Gasteiger partial charge in [0.2, 0.25) is 5.91 Å². The summed E-state index contributed by atoms with van der Waals surface area (Å²) in [6, 6.07) is 4.18. The molecule has 1 amide bonds. The number of nitrogens with zero attached hydrogens (tertiary/aromatic N) is 1. The zero-order valence-corrected chi connectivity index (χ0v) is 13.0. The Bertz CT molecular complexity index is 681. The van der Waals surface area contributed by atoms with Crippen LogP contribution in [-0.2, 0) is 20.8 Å². The summed E-state index contributed by atoms with van der Waals surface area (Å²) in [4.78, 5) is 12.2. The number of nitrogens with two attached hydrogens (primary N) is 1. The highest BCUT2D eigenvalue weighted by molar-refractivity contribution is 7.92.